The third-order valence-corrected chi connectivity index (χ3v) is 7.31. The highest BCUT2D eigenvalue weighted by Gasteiger charge is 2.42. The van der Waals surface area contributed by atoms with E-state index in [0.29, 0.717) is 0 Å². The van der Waals surface area contributed by atoms with Crippen molar-refractivity contribution in [3.63, 3.8) is 0 Å². The Hall–Kier alpha value is -2.67. The van der Waals surface area contributed by atoms with Crippen molar-refractivity contribution in [3.05, 3.63) is 63.6 Å². The molecule has 0 bridgehead atoms. The van der Waals surface area contributed by atoms with Crippen LogP contribution in [0.1, 0.15) is 42.3 Å². The predicted octanol–water partition coefficient (Wildman–Crippen LogP) is 5.35. The molecule has 154 valence electrons. The predicted molar refractivity (Wildman–Crippen MR) is 123 cm³/mol. The van der Waals surface area contributed by atoms with Gasteiger partial charge in [0.2, 0.25) is 0 Å². The minimum absolute atomic E-state index is 0.235. The molecule has 0 unspecified atom stereocenters. The van der Waals surface area contributed by atoms with E-state index in [1.165, 1.54) is 16.7 Å². The molecule has 1 fully saturated rings. The van der Waals surface area contributed by atoms with Crippen molar-refractivity contribution in [2.45, 2.75) is 46.1 Å². The van der Waals surface area contributed by atoms with Crippen molar-refractivity contribution in [2.75, 3.05) is 11.4 Å². The molecule has 0 aliphatic carbocycles. The maximum Gasteiger partial charge on any atom is 0.132 e. The van der Waals surface area contributed by atoms with Gasteiger partial charge in [-0.1, -0.05) is 22.0 Å². The first-order chi connectivity index (χ1) is 14.4. The van der Waals surface area contributed by atoms with E-state index in [0.717, 1.165) is 52.1 Å². The molecule has 1 N–H and O–H groups in total. The maximum absolute atomic E-state index is 5.10. The van der Waals surface area contributed by atoms with Crippen LogP contribution in [0.15, 0.2) is 41.1 Å². The second-order valence-electron chi connectivity index (χ2n) is 8.43. The molecular weight excluding hydrogens is 440 g/mol. The Morgan fingerprint density at radius 2 is 1.80 bits per heavy atom. The van der Waals surface area contributed by atoms with Gasteiger partial charge in [0.05, 0.1) is 34.7 Å². The van der Waals surface area contributed by atoms with Crippen LogP contribution in [-0.2, 0) is 5.54 Å². The van der Waals surface area contributed by atoms with Crippen LogP contribution in [-0.4, -0.2) is 31.5 Å². The van der Waals surface area contributed by atoms with Crippen molar-refractivity contribution in [1.29, 1.82) is 0 Å². The number of nitrogens with one attached hydrogen (secondary N) is 1. The van der Waals surface area contributed by atoms with Crippen LogP contribution in [0, 0.1) is 20.8 Å². The molecule has 30 heavy (non-hydrogen) atoms. The van der Waals surface area contributed by atoms with Crippen LogP contribution in [0.2, 0.25) is 0 Å². The van der Waals surface area contributed by atoms with E-state index in [4.69, 9.17) is 4.98 Å². The van der Waals surface area contributed by atoms with Gasteiger partial charge in [0.1, 0.15) is 11.5 Å². The van der Waals surface area contributed by atoms with Gasteiger partial charge in [-0.15, -0.1) is 4.80 Å². The molecule has 6 nitrogen and oxygen atoms in total. The molecule has 1 saturated heterocycles. The number of rotatable bonds is 3. The number of halogens is 1. The topological polar surface area (TPSA) is 62.6 Å². The van der Waals surface area contributed by atoms with Crippen molar-refractivity contribution >= 4 is 32.7 Å². The SMILES string of the molecule is Cc1ccc(-n2nccn2)c(N2CCC[C@@]2(C)c2nc3c(C)c(C)c(Br)cc3[nH]2)c1. The number of fused-ring (bicyclic) bond motifs is 1. The lowest BCUT2D eigenvalue weighted by molar-refractivity contribution is 0.466. The number of H-pyrrole nitrogens is 1. The summed E-state index contributed by atoms with van der Waals surface area (Å²) >= 11 is 3.69. The molecular formula is C23H25BrN6. The number of anilines is 1. The Bertz CT molecular complexity index is 1240. The zero-order valence-electron chi connectivity index (χ0n) is 17.7. The first kappa shape index (κ1) is 19.3. The Morgan fingerprint density at radius 1 is 1.03 bits per heavy atom. The summed E-state index contributed by atoms with van der Waals surface area (Å²) in [4.78, 5) is 12.9. The lowest BCUT2D eigenvalue weighted by Gasteiger charge is -2.36. The number of aromatic nitrogens is 5. The fraction of sp³-hybridized carbons (Fsp3) is 0.348. The van der Waals surface area contributed by atoms with Gasteiger partial charge in [-0.25, -0.2) is 4.98 Å². The fourth-order valence-electron chi connectivity index (χ4n) is 4.58. The van der Waals surface area contributed by atoms with Gasteiger partial charge < -0.3 is 9.88 Å². The molecule has 1 aliphatic heterocycles. The summed E-state index contributed by atoms with van der Waals surface area (Å²) in [5, 5.41) is 8.77. The van der Waals surface area contributed by atoms with Gasteiger partial charge in [-0.3, -0.25) is 0 Å². The second-order valence-corrected chi connectivity index (χ2v) is 9.28. The van der Waals surface area contributed by atoms with E-state index in [1.54, 1.807) is 17.2 Å². The molecule has 2 aromatic carbocycles. The van der Waals surface area contributed by atoms with Gasteiger partial charge in [-0.05, 0) is 75.4 Å². The Balaban J connectivity index is 1.67. The fourth-order valence-corrected chi connectivity index (χ4v) is 5.10. The smallest absolute Gasteiger partial charge is 0.132 e. The summed E-state index contributed by atoms with van der Waals surface area (Å²) in [6.45, 7) is 9.66. The lowest BCUT2D eigenvalue weighted by Crippen LogP contribution is -2.40. The third-order valence-electron chi connectivity index (χ3n) is 6.49. The highest BCUT2D eigenvalue weighted by Crippen LogP contribution is 2.43. The van der Waals surface area contributed by atoms with E-state index < -0.39 is 0 Å². The molecule has 0 spiro atoms. The molecule has 0 amide bonds. The first-order valence-corrected chi connectivity index (χ1v) is 11.1. The minimum atomic E-state index is -0.235. The van der Waals surface area contributed by atoms with Gasteiger partial charge >= 0.3 is 0 Å². The van der Waals surface area contributed by atoms with Crippen LogP contribution in [0.4, 0.5) is 5.69 Å². The largest absolute Gasteiger partial charge is 0.357 e. The van der Waals surface area contributed by atoms with E-state index >= 15 is 0 Å². The third kappa shape index (κ3) is 2.87. The van der Waals surface area contributed by atoms with E-state index in [-0.39, 0.29) is 5.54 Å². The van der Waals surface area contributed by atoms with Crippen LogP contribution in [0.5, 0.6) is 0 Å². The number of imidazole rings is 1. The summed E-state index contributed by atoms with van der Waals surface area (Å²) in [7, 11) is 0. The summed E-state index contributed by atoms with van der Waals surface area (Å²) < 4.78 is 1.11. The van der Waals surface area contributed by atoms with Crippen molar-refractivity contribution in [2.24, 2.45) is 0 Å². The lowest BCUT2D eigenvalue weighted by atomic mass is 9.97. The van der Waals surface area contributed by atoms with Crippen LogP contribution < -0.4 is 4.90 Å². The summed E-state index contributed by atoms with van der Waals surface area (Å²) in [5.74, 6) is 1.01. The molecule has 0 radical (unpaired) electrons. The van der Waals surface area contributed by atoms with Crippen molar-refractivity contribution < 1.29 is 0 Å². The minimum Gasteiger partial charge on any atom is -0.357 e. The van der Waals surface area contributed by atoms with Crippen molar-refractivity contribution in [3.8, 4) is 5.69 Å². The Morgan fingerprint density at radius 3 is 2.57 bits per heavy atom. The number of aromatic amines is 1. The number of aryl methyl sites for hydroxylation is 2. The normalized spacial score (nSPS) is 19.2. The van der Waals surface area contributed by atoms with Gasteiger partial charge in [0.25, 0.3) is 0 Å². The van der Waals surface area contributed by atoms with Gasteiger partial charge in [0.15, 0.2) is 0 Å². The average Bonchev–Trinajstić information content (AvgIpc) is 3.46. The van der Waals surface area contributed by atoms with Crippen molar-refractivity contribution in [1.82, 2.24) is 25.0 Å². The number of benzene rings is 2. The zero-order chi connectivity index (χ0) is 21.0. The second kappa shape index (κ2) is 6.94. The monoisotopic (exact) mass is 464 g/mol. The number of hydrogen-bond acceptors (Lipinski definition) is 4. The van der Waals surface area contributed by atoms with Crippen LogP contribution in [0.25, 0.3) is 16.7 Å². The quantitative estimate of drug-likeness (QED) is 0.443. The van der Waals surface area contributed by atoms with E-state index in [1.807, 2.05) is 0 Å². The Labute approximate surface area is 184 Å². The van der Waals surface area contributed by atoms with Gasteiger partial charge in [0, 0.05) is 11.0 Å². The molecule has 7 heteroatoms. The zero-order valence-corrected chi connectivity index (χ0v) is 19.3. The molecule has 2 aromatic heterocycles. The van der Waals surface area contributed by atoms with E-state index in [2.05, 4.69) is 88.0 Å². The Kier molecular flexibility index (Phi) is 4.47. The maximum atomic E-state index is 5.10. The standard InChI is InChI=1S/C23H25BrN6/c1-14-6-7-19(30-25-9-10-26-30)20(12-14)29-11-5-8-23(29,4)22-27-18-13-17(24)15(2)16(3)21(18)28-22/h6-7,9-10,12-13H,5,8,11H2,1-4H3,(H,27,28)/t23-/m0/s1. The highest BCUT2D eigenvalue weighted by molar-refractivity contribution is 9.10. The van der Waals surface area contributed by atoms with Crippen LogP contribution in [0.3, 0.4) is 0 Å². The van der Waals surface area contributed by atoms with Crippen LogP contribution >= 0.6 is 15.9 Å². The molecule has 5 rings (SSSR count). The average molecular weight is 465 g/mol. The number of nitrogens with zero attached hydrogens (tertiary/aromatic N) is 5. The highest BCUT2D eigenvalue weighted by atomic mass is 79.9. The molecule has 4 aromatic rings. The molecule has 0 saturated carbocycles. The molecule has 3 heterocycles. The summed E-state index contributed by atoms with van der Waals surface area (Å²) in [6.07, 6.45) is 5.57. The summed E-state index contributed by atoms with van der Waals surface area (Å²) in [5.41, 5.74) is 7.69. The first-order valence-electron chi connectivity index (χ1n) is 10.3. The molecule has 1 atom stereocenters. The molecule has 1 aliphatic rings. The van der Waals surface area contributed by atoms with E-state index in [9.17, 15) is 0 Å². The van der Waals surface area contributed by atoms with Gasteiger partial charge in [-0.2, -0.15) is 10.2 Å². The summed E-state index contributed by atoms with van der Waals surface area (Å²) in [6, 6.07) is 8.59. The number of hydrogen-bond donors (Lipinski definition) is 1.